The van der Waals surface area contributed by atoms with Crippen molar-refractivity contribution >= 4 is 12.0 Å². The molecular weight excluding hydrogens is 310 g/mol. The summed E-state index contributed by atoms with van der Waals surface area (Å²) in [6.07, 6.45) is 4.36. The molecule has 0 aromatic heterocycles. The molecule has 0 bridgehead atoms. The van der Waals surface area contributed by atoms with Gasteiger partial charge in [0, 0.05) is 32.3 Å². The number of benzene rings is 2. The monoisotopic (exact) mass is 331 g/mol. The lowest BCUT2D eigenvalue weighted by Crippen LogP contribution is -2.37. The van der Waals surface area contributed by atoms with Crippen molar-refractivity contribution < 1.29 is 4.79 Å². The molecule has 25 heavy (non-hydrogen) atoms. The van der Waals surface area contributed by atoms with E-state index in [1.807, 2.05) is 12.1 Å². The second kappa shape index (κ2) is 8.27. The first-order valence-electron chi connectivity index (χ1n) is 8.50. The molecule has 0 spiro atoms. The van der Waals surface area contributed by atoms with Gasteiger partial charge in [0.05, 0.1) is 11.6 Å². The second-order valence-corrected chi connectivity index (χ2v) is 6.15. The van der Waals surface area contributed by atoms with Gasteiger partial charge < -0.3 is 5.32 Å². The molecule has 2 aromatic rings. The van der Waals surface area contributed by atoms with Crippen molar-refractivity contribution in [3.63, 3.8) is 0 Å². The van der Waals surface area contributed by atoms with Crippen molar-refractivity contribution in [3.05, 3.63) is 76.9 Å². The van der Waals surface area contributed by atoms with Crippen molar-refractivity contribution in [2.45, 2.75) is 13.0 Å². The Morgan fingerprint density at radius 2 is 1.92 bits per heavy atom. The molecule has 3 rings (SSSR count). The van der Waals surface area contributed by atoms with E-state index in [2.05, 4.69) is 40.6 Å². The number of rotatable bonds is 5. The molecule has 2 aromatic carbocycles. The maximum atomic E-state index is 11.9. The van der Waals surface area contributed by atoms with E-state index in [1.165, 1.54) is 17.2 Å². The normalized spacial score (nSPS) is 14.0. The molecule has 1 aliphatic heterocycles. The fraction of sp³-hybridized carbons (Fsp3) is 0.238. The first-order valence-corrected chi connectivity index (χ1v) is 8.50. The highest BCUT2D eigenvalue weighted by atomic mass is 16.1. The van der Waals surface area contributed by atoms with Crippen LogP contribution in [-0.2, 0) is 17.8 Å². The van der Waals surface area contributed by atoms with Gasteiger partial charge in [0.1, 0.15) is 0 Å². The Bertz CT molecular complexity index is 803. The van der Waals surface area contributed by atoms with Gasteiger partial charge in [-0.05, 0) is 41.3 Å². The predicted octanol–water partition coefficient (Wildman–Crippen LogP) is 2.75. The third-order valence-corrected chi connectivity index (χ3v) is 4.40. The molecule has 1 aliphatic rings. The maximum Gasteiger partial charge on any atom is 0.244 e. The van der Waals surface area contributed by atoms with Crippen molar-refractivity contribution in [2.24, 2.45) is 0 Å². The summed E-state index contributed by atoms with van der Waals surface area (Å²) < 4.78 is 0. The van der Waals surface area contributed by atoms with Crippen LogP contribution in [-0.4, -0.2) is 30.4 Å². The van der Waals surface area contributed by atoms with Gasteiger partial charge in [-0.15, -0.1) is 0 Å². The molecule has 1 heterocycles. The SMILES string of the molecule is N#Cc1ccc(C=CC(=O)NCCN2CCc3ccccc3C2)cc1. The number of carbonyl (C=O) groups excluding carboxylic acids is 1. The van der Waals surface area contributed by atoms with Crippen LogP contribution in [0.4, 0.5) is 0 Å². The van der Waals surface area contributed by atoms with Gasteiger partial charge >= 0.3 is 0 Å². The van der Waals surface area contributed by atoms with E-state index in [4.69, 9.17) is 5.26 Å². The Kier molecular flexibility index (Phi) is 5.61. The quantitative estimate of drug-likeness (QED) is 0.857. The minimum atomic E-state index is -0.0956. The van der Waals surface area contributed by atoms with E-state index in [0.29, 0.717) is 12.1 Å². The summed E-state index contributed by atoms with van der Waals surface area (Å²) in [7, 11) is 0. The Labute approximate surface area is 148 Å². The Morgan fingerprint density at radius 1 is 1.16 bits per heavy atom. The zero-order valence-electron chi connectivity index (χ0n) is 14.1. The largest absolute Gasteiger partial charge is 0.351 e. The van der Waals surface area contributed by atoms with E-state index in [1.54, 1.807) is 18.2 Å². The molecule has 126 valence electrons. The zero-order valence-corrected chi connectivity index (χ0v) is 14.1. The van der Waals surface area contributed by atoms with Crippen LogP contribution < -0.4 is 5.32 Å². The number of amides is 1. The number of nitrogens with one attached hydrogen (secondary N) is 1. The molecule has 0 atom stereocenters. The molecule has 4 heteroatoms. The summed E-state index contributed by atoms with van der Waals surface area (Å²) in [6, 6.07) is 17.8. The standard InChI is InChI=1S/C21H21N3O/c22-15-18-7-5-17(6-8-18)9-10-21(25)23-12-14-24-13-11-19-3-1-2-4-20(19)16-24/h1-10H,11-14,16H2,(H,23,25). The average molecular weight is 331 g/mol. The Balaban J connectivity index is 1.42. The lowest BCUT2D eigenvalue weighted by atomic mass is 10.00. The first-order chi connectivity index (χ1) is 12.2. The van der Waals surface area contributed by atoms with Gasteiger partial charge in [-0.1, -0.05) is 36.4 Å². The van der Waals surface area contributed by atoms with Crippen LogP contribution >= 0.6 is 0 Å². The number of hydrogen-bond donors (Lipinski definition) is 1. The van der Waals surface area contributed by atoms with E-state index >= 15 is 0 Å². The highest BCUT2D eigenvalue weighted by Gasteiger charge is 2.14. The molecule has 0 saturated carbocycles. The van der Waals surface area contributed by atoms with Gasteiger partial charge in [-0.2, -0.15) is 5.26 Å². The van der Waals surface area contributed by atoms with Crippen molar-refractivity contribution in [2.75, 3.05) is 19.6 Å². The van der Waals surface area contributed by atoms with Gasteiger partial charge in [-0.3, -0.25) is 9.69 Å². The number of carbonyl (C=O) groups is 1. The van der Waals surface area contributed by atoms with Crippen LogP contribution in [0.3, 0.4) is 0 Å². The average Bonchev–Trinajstić information content (AvgIpc) is 2.66. The van der Waals surface area contributed by atoms with Crippen molar-refractivity contribution in [1.29, 1.82) is 5.26 Å². The van der Waals surface area contributed by atoms with Crippen molar-refractivity contribution in [3.8, 4) is 6.07 Å². The number of nitrogens with zero attached hydrogens (tertiary/aromatic N) is 2. The fourth-order valence-corrected chi connectivity index (χ4v) is 2.98. The lowest BCUT2D eigenvalue weighted by Gasteiger charge is -2.28. The minimum Gasteiger partial charge on any atom is -0.351 e. The molecule has 0 saturated heterocycles. The van der Waals surface area contributed by atoms with E-state index < -0.39 is 0 Å². The number of nitriles is 1. The van der Waals surface area contributed by atoms with Gasteiger partial charge in [0.15, 0.2) is 0 Å². The summed E-state index contributed by atoms with van der Waals surface area (Å²) in [6.45, 7) is 3.48. The van der Waals surface area contributed by atoms with Crippen LogP contribution in [0.2, 0.25) is 0 Å². The molecule has 1 N–H and O–H groups in total. The third kappa shape index (κ3) is 4.79. The predicted molar refractivity (Wildman–Crippen MR) is 98.6 cm³/mol. The number of fused-ring (bicyclic) bond motifs is 1. The zero-order chi connectivity index (χ0) is 17.5. The molecule has 0 unspecified atom stereocenters. The van der Waals surface area contributed by atoms with E-state index in [-0.39, 0.29) is 5.91 Å². The summed E-state index contributed by atoms with van der Waals surface area (Å²) in [5.74, 6) is -0.0956. The summed E-state index contributed by atoms with van der Waals surface area (Å²) in [5, 5.41) is 11.7. The van der Waals surface area contributed by atoms with Crippen LogP contribution in [0.5, 0.6) is 0 Å². The highest BCUT2D eigenvalue weighted by Crippen LogP contribution is 2.17. The smallest absolute Gasteiger partial charge is 0.244 e. The highest BCUT2D eigenvalue weighted by molar-refractivity contribution is 5.91. The van der Waals surface area contributed by atoms with Gasteiger partial charge in [0.25, 0.3) is 0 Å². The molecule has 0 fully saturated rings. The maximum absolute atomic E-state index is 11.9. The summed E-state index contributed by atoms with van der Waals surface area (Å²) in [4.78, 5) is 14.3. The molecule has 0 aliphatic carbocycles. The molecular formula is C21H21N3O. The van der Waals surface area contributed by atoms with Gasteiger partial charge in [0.2, 0.25) is 5.91 Å². The molecule has 4 nitrogen and oxygen atoms in total. The van der Waals surface area contributed by atoms with E-state index in [9.17, 15) is 4.79 Å². The van der Waals surface area contributed by atoms with Crippen LogP contribution in [0, 0.1) is 11.3 Å². The second-order valence-electron chi connectivity index (χ2n) is 6.15. The fourth-order valence-electron chi connectivity index (χ4n) is 2.98. The van der Waals surface area contributed by atoms with Crippen LogP contribution in [0.25, 0.3) is 6.08 Å². The van der Waals surface area contributed by atoms with E-state index in [0.717, 1.165) is 31.6 Å². The lowest BCUT2D eigenvalue weighted by molar-refractivity contribution is -0.116. The Hall–Kier alpha value is -2.90. The van der Waals surface area contributed by atoms with Crippen molar-refractivity contribution in [1.82, 2.24) is 10.2 Å². The first kappa shape index (κ1) is 16.9. The third-order valence-electron chi connectivity index (χ3n) is 4.40. The molecule has 1 amide bonds. The Morgan fingerprint density at radius 3 is 2.68 bits per heavy atom. The van der Waals surface area contributed by atoms with Crippen LogP contribution in [0.15, 0.2) is 54.6 Å². The van der Waals surface area contributed by atoms with Crippen LogP contribution in [0.1, 0.15) is 22.3 Å². The minimum absolute atomic E-state index is 0.0956. The van der Waals surface area contributed by atoms with Gasteiger partial charge in [-0.25, -0.2) is 0 Å². The topological polar surface area (TPSA) is 56.1 Å². The number of hydrogen-bond acceptors (Lipinski definition) is 3. The summed E-state index contributed by atoms with van der Waals surface area (Å²) in [5.41, 5.74) is 4.35. The summed E-state index contributed by atoms with van der Waals surface area (Å²) >= 11 is 0. The molecule has 0 radical (unpaired) electrons.